The lowest BCUT2D eigenvalue weighted by molar-refractivity contribution is -0.126. The number of carbonyl (C=O) groups excluding carboxylic acids is 3. The number of para-hydroxylation sites is 1. The summed E-state index contributed by atoms with van der Waals surface area (Å²) >= 11 is 0. The molecule has 126 valence electrons. The number of aryl methyl sites for hydroxylation is 2. The summed E-state index contributed by atoms with van der Waals surface area (Å²) in [6, 6.07) is 8.87. The highest BCUT2D eigenvalue weighted by molar-refractivity contribution is 5.96. The van der Waals surface area contributed by atoms with Crippen molar-refractivity contribution in [2.45, 2.75) is 13.8 Å². The Bertz CT molecular complexity index is 718. The van der Waals surface area contributed by atoms with Gasteiger partial charge in [-0.2, -0.15) is 0 Å². The van der Waals surface area contributed by atoms with Crippen molar-refractivity contribution in [2.24, 2.45) is 0 Å². The van der Waals surface area contributed by atoms with Crippen molar-refractivity contribution >= 4 is 23.5 Å². The van der Waals surface area contributed by atoms with Crippen LogP contribution in [0.3, 0.4) is 0 Å². The van der Waals surface area contributed by atoms with Crippen LogP contribution in [0.4, 0.5) is 5.69 Å². The maximum atomic E-state index is 11.9. The van der Waals surface area contributed by atoms with Gasteiger partial charge in [0.1, 0.15) is 5.69 Å². The molecule has 1 aromatic carbocycles. The Labute approximate surface area is 139 Å². The van der Waals surface area contributed by atoms with Gasteiger partial charge in [0.15, 0.2) is 6.61 Å². The van der Waals surface area contributed by atoms with Gasteiger partial charge < -0.3 is 20.4 Å². The molecule has 0 spiro atoms. The van der Waals surface area contributed by atoms with Crippen LogP contribution in [0.5, 0.6) is 0 Å². The van der Waals surface area contributed by atoms with Crippen molar-refractivity contribution in [3.8, 4) is 0 Å². The van der Waals surface area contributed by atoms with Gasteiger partial charge in [0.2, 0.25) is 5.91 Å². The van der Waals surface area contributed by atoms with Crippen LogP contribution in [0.25, 0.3) is 0 Å². The van der Waals surface area contributed by atoms with Crippen LogP contribution in [-0.4, -0.2) is 35.9 Å². The number of aromatic nitrogens is 1. The lowest BCUT2D eigenvalue weighted by atomic mass is 10.1. The van der Waals surface area contributed by atoms with Crippen LogP contribution in [0.15, 0.2) is 36.5 Å². The van der Waals surface area contributed by atoms with E-state index >= 15 is 0 Å². The average molecular weight is 329 g/mol. The van der Waals surface area contributed by atoms with E-state index in [9.17, 15) is 14.4 Å². The molecule has 0 aliphatic rings. The smallest absolute Gasteiger partial charge is 0.355 e. The van der Waals surface area contributed by atoms with Gasteiger partial charge >= 0.3 is 5.97 Å². The number of hydrogen-bond donors (Lipinski definition) is 3. The molecule has 0 unspecified atom stereocenters. The zero-order valence-electron chi connectivity index (χ0n) is 13.5. The maximum absolute atomic E-state index is 11.9. The van der Waals surface area contributed by atoms with E-state index in [0.29, 0.717) is 0 Å². The van der Waals surface area contributed by atoms with E-state index in [0.717, 1.165) is 16.8 Å². The van der Waals surface area contributed by atoms with E-state index in [1.807, 2.05) is 32.0 Å². The topological polar surface area (TPSA) is 100 Å². The predicted molar refractivity (Wildman–Crippen MR) is 88.6 cm³/mol. The first-order valence-electron chi connectivity index (χ1n) is 7.40. The lowest BCUT2D eigenvalue weighted by Gasteiger charge is -2.12. The quantitative estimate of drug-likeness (QED) is 0.700. The van der Waals surface area contributed by atoms with E-state index in [4.69, 9.17) is 4.74 Å². The number of H-pyrrole nitrogens is 1. The molecule has 3 N–H and O–H groups in total. The third-order valence-electron chi connectivity index (χ3n) is 3.34. The highest BCUT2D eigenvalue weighted by atomic mass is 16.5. The predicted octanol–water partition coefficient (Wildman–Crippen LogP) is 1.54. The number of nitrogens with one attached hydrogen (secondary N) is 3. The van der Waals surface area contributed by atoms with E-state index < -0.39 is 18.5 Å². The van der Waals surface area contributed by atoms with Crippen molar-refractivity contribution in [1.82, 2.24) is 10.3 Å². The Morgan fingerprint density at radius 3 is 2.38 bits per heavy atom. The molecular formula is C17H19N3O4. The van der Waals surface area contributed by atoms with E-state index in [-0.39, 0.29) is 18.1 Å². The molecule has 24 heavy (non-hydrogen) atoms. The van der Waals surface area contributed by atoms with Gasteiger partial charge in [0.05, 0.1) is 6.54 Å². The Balaban J connectivity index is 1.75. The summed E-state index contributed by atoms with van der Waals surface area (Å²) < 4.78 is 4.82. The maximum Gasteiger partial charge on any atom is 0.355 e. The molecule has 2 aromatic rings. The van der Waals surface area contributed by atoms with Crippen molar-refractivity contribution < 1.29 is 19.1 Å². The first kappa shape index (κ1) is 17.3. The van der Waals surface area contributed by atoms with Crippen LogP contribution in [-0.2, 0) is 14.3 Å². The second-order valence-corrected chi connectivity index (χ2v) is 5.25. The Kier molecular flexibility index (Phi) is 5.73. The molecule has 0 aliphatic carbocycles. The largest absolute Gasteiger partial charge is 0.451 e. The van der Waals surface area contributed by atoms with Gasteiger partial charge in [-0.25, -0.2) is 4.79 Å². The molecule has 2 rings (SSSR count). The molecule has 0 radical (unpaired) electrons. The van der Waals surface area contributed by atoms with Crippen molar-refractivity contribution in [1.29, 1.82) is 0 Å². The number of aromatic amines is 1. The Morgan fingerprint density at radius 2 is 1.75 bits per heavy atom. The number of amides is 2. The summed E-state index contributed by atoms with van der Waals surface area (Å²) in [4.78, 5) is 37.8. The van der Waals surface area contributed by atoms with Crippen LogP contribution < -0.4 is 10.6 Å². The molecule has 0 atom stereocenters. The first-order valence-corrected chi connectivity index (χ1v) is 7.40. The van der Waals surface area contributed by atoms with Gasteiger partial charge in [-0.1, -0.05) is 18.2 Å². The number of carbonyl (C=O) groups is 3. The van der Waals surface area contributed by atoms with E-state index in [1.54, 1.807) is 12.3 Å². The van der Waals surface area contributed by atoms with Gasteiger partial charge in [0.25, 0.3) is 5.91 Å². The number of rotatable bonds is 6. The number of benzene rings is 1. The molecule has 0 aliphatic heterocycles. The normalized spacial score (nSPS) is 10.1. The number of anilines is 1. The second kappa shape index (κ2) is 7.96. The van der Waals surface area contributed by atoms with Crippen LogP contribution >= 0.6 is 0 Å². The van der Waals surface area contributed by atoms with Gasteiger partial charge in [-0.15, -0.1) is 0 Å². The first-order chi connectivity index (χ1) is 11.5. The van der Waals surface area contributed by atoms with E-state index in [1.165, 1.54) is 6.07 Å². The standard InChI is InChI=1S/C17H19N3O4/c1-11-5-3-6-12(2)16(11)20-14(21)9-19-15(22)10-24-17(23)13-7-4-8-18-13/h3-8,18H,9-10H2,1-2H3,(H,19,22)(H,20,21). The number of ether oxygens (including phenoxy) is 1. The average Bonchev–Trinajstić information content (AvgIpc) is 3.09. The molecule has 0 saturated heterocycles. The second-order valence-electron chi connectivity index (χ2n) is 5.25. The highest BCUT2D eigenvalue weighted by Crippen LogP contribution is 2.18. The summed E-state index contributed by atoms with van der Waals surface area (Å²) in [5, 5.41) is 5.16. The monoisotopic (exact) mass is 329 g/mol. The van der Waals surface area contributed by atoms with Crippen LogP contribution in [0.1, 0.15) is 21.6 Å². The summed E-state index contributed by atoms with van der Waals surface area (Å²) in [6.45, 7) is 3.13. The molecular weight excluding hydrogens is 310 g/mol. The minimum atomic E-state index is -0.630. The zero-order chi connectivity index (χ0) is 17.5. The fourth-order valence-corrected chi connectivity index (χ4v) is 2.09. The molecule has 1 heterocycles. The summed E-state index contributed by atoms with van der Waals surface area (Å²) in [5.74, 6) is -1.53. The molecule has 0 saturated carbocycles. The molecule has 7 heteroatoms. The third kappa shape index (κ3) is 4.70. The lowest BCUT2D eigenvalue weighted by Crippen LogP contribution is -2.35. The van der Waals surface area contributed by atoms with Crippen molar-refractivity contribution in [3.63, 3.8) is 0 Å². The van der Waals surface area contributed by atoms with Crippen molar-refractivity contribution in [3.05, 3.63) is 53.3 Å². The van der Waals surface area contributed by atoms with Crippen molar-refractivity contribution in [2.75, 3.05) is 18.5 Å². The SMILES string of the molecule is Cc1cccc(C)c1NC(=O)CNC(=O)COC(=O)c1ccc[nH]1. The molecule has 0 fully saturated rings. The third-order valence-corrected chi connectivity index (χ3v) is 3.34. The Morgan fingerprint density at radius 1 is 1.04 bits per heavy atom. The highest BCUT2D eigenvalue weighted by Gasteiger charge is 2.12. The molecule has 2 amide bonds. The summed E-state index contributed by atoms with van der Waals surface area (Å²) in [5.41, 5.74) is 2.87. The molecule has 1 aromatic heterocycles. The van der Waals surface area contributed by atoms with Crippen LogP contribution in [0.2, 0.25) is 0 Å². The fourth-order valence-electron chi connectivity index (χ4n) is 2.09. The molecule has 0 bridgehead atoms. The summed E-state index contributed by atoms with van der Waals surface area (Å²) in [7, 11) is 0. The van der Waals surface area contributed by atoms with Gasteiger partial charge in [0, 0.05) is 11.9 Å². The molecule has 7 nitrogen and oxygen atoms in total. The van der Waals surface area contributed by atoms with Crippen LogP contribution in [0, 0.1) is 13.8 Å². The van der Waals surface area contributed by atoms with Gasteiger partial charge in [-0.05, 0) is 37.1 Å². The van der Waals surface area contributed by atoms with Gasteiger partial charge in [-0.3, -0.25) is 9.59 Å². The zero-order valence-corrected chi connectivity index (χ0v) is 13.5. The Hall–Kier alpha value is -3.09. The minimum Gasteiger partial charge on any atom is -0.451 e. The summed E-state index contributed by atoms with van der Waals surface area (Å²) in [6.07, 6.45) is 1.58. The van der Waals surface area contributed by atoms with E-state index in [2.05, 4.69) is 15.6 Å². The number of hydrogen-bond acceptors (Lipinski definition) is 4. The number of esters is 1. The fraction of sp³-hybridized carbons (Fsp3) is 0.235. The minimum absolute atomic E-state index is 0.202.